The van der Waals surface area contributed by atoms with Gasteiger partial charge in [-0.25, -0.2) is 4.98 Å². The van der Waals surface area contributed by atoms with Crippen LogP contribution in [-0.4, -0.2) is 36.8 Å². The van der Waals surface area contributed by atoms with Crippen LogP contribution < -0.4 is 15.2 Å². The lowest BCUT2D eigenvalue weighted by Crippen LogP contribution is -2.07. The van der Waals surface area contributed by atoms with Gasteiger partial charge in [-0.05, 0) is 6.42 Å². The highest BCUT2D eigenvalue weighted by molar-refractivity contribution is 5.82. The van der Waals surface area contributed by atoms with E-state index in [2.05, 4.69) is 9.72 Å². The minimum Gasteiger partial charge on any atom is -0.493 e. The van der Waals surface area contributed by atoms with E-state index in [1.807, 2.05) is 10.6 Å². The zero-order valence-corrected chi connectivity index (χ0v) is 12.4. The van der Waals surface area contributed by atoms with Crippen LogP contribution in [-0.2, 0) is 16.1 Å². The van der Waals surface area contributed by atoms with E-state index in [9.17, 15) is 4.79 Å². The minimum absolute atomic E-state index is 0.239. The first-order chi connectivity index (χ1) is 10.1. The van der Waals surface area contributed by atoms with E-state index in [1.165, 1.54) is 7.11 Å². The number of carbonyl (C=O) groups excluding carboxylic acids is 1. The summed E-state index contributed by atoms with van der Waals surface area (Å²) in [6, 6.07) is 3.61. The van der Waals surface area contributed by atoms with Crippen molar-refractivity contribution in [2.75, 3.05) is 27.1 Å². The third kappa shape index (κ3) is 3.01. The molecule has 0 fully saturated rings. The van der Waals surface area contributed by atoms with Crippen molar-refractivity contribution in [3.8, 4) is 11.5 Å². The quantitative estimate of drug-likeness (QED) is 0.814. The molecule has 7 nitrogen and oxygen atoms in total. The molecule has 0 unspecified atom stereocenters. The maximum Gasteiger partial charge on any atom is 0.305 e. The van der Waals surface area contributed by atoms with E-state index >= 15 is 0 Å². The topological polar surface area (TPSA) is 88.6 Å². The lowest BCUT2D eigenvalue weighted by atomic mass is 10.2. The zero-order valence-electron chi connectivity index (χ0n) is 12.4. The first kappa shape index (κ1) is 15.0. The summed E-state index contributed by atoms with van der Waals surface area (Å²) in [5.74, 6) is 1.37. The van der Waals surface area contributed by atoms with E-state index in [-0.39, 0.29) is 5.97 Å². The van der Waals surface area contributed by atoms with Crippen LogP contribution in [0.3, 0.4) is 0 Å². The maximum atomic E-state index is 11.2. The van der Waals surface area contributed by atoms with Gasteiger partial charge in [0.15, 0.2) is 11.5 Å². The number of esters is 1. The molecule has 2 N–H and O–H groups in total. The van der Waals surface area contributed by atoms with Crippen molar-refractivity contribution in [1.82, 2.24) is 9.55 Å². The van der Waals surface area contributed by atoms with Gasteiger partial charge in [-0.3, -0.25) is 4.79 Å². The van der Waals surface area contributed by atoms with E-state index < -0.39 is 0 Å². The fourth-order valence-electron chi connectivity index (χ4n) is 2.19. The smallest absolute Gasteiger partial charge is 0.305 e. The first-order valence-corrected chi connectivity index (χ1v) is 6.55. The molecule has 2 rings (SSSR count). The van der Waals surface area contributed by atoms with Gasteiger partial charge in [-0.1, -0.05) is 0 Å². The van der Waals surface area contributed by atoms with Gasteiger partial charge in [0.2, 0.25) is 5.95 Å². The van der Waals surface area contributed by atoms with Crippen molar-refractivity contribution in [2.45, 2.75) is 19.4 Å². The number of imidazole rings is 1. The molecule has 0 spiro atoms. The van der Waals surface area contributed by atoms with Crippen LogP contribution in [0.15, 0.2) is 12.1 Å². The average molecular weight is 293 g/mol. The molecule has 0 amide bonds. The van der Waals surface area contributed by atoms with Crippen LogP contribution in [0.1, 0.15) is 12.8 Å². The van der Waals surface area contributed by atoms with Crippen LogP contribution in [0.25, 0.3) is 11.0 Å². The van der Waals surface area contributed by atoms with Crippen molar-refractivity contribution in [3.05, 3.63) is 12.1 Å². The molecular formula is C14H19N3O4. The van der Waals surface area contributed by atoms with Crippen LogP contribution in [0.5, 0.6) is 11.5 Å². The van der Waals surface area contributed by atoms with E-state index in [4.69, 9.17) is 15.2 Å². The number of hydrogen-bond acceptors (Lipinski definition) is 6. The number of nitrogens with two attached hydrogens (primary N) is 1. The number of ether oxygens (including phenoxy) is 3. The Morgan fingerprint density at radius 3 is 2.52 bits per heavy atom. The Morgan fingerprint density at radius 1 is 1.24 bits per heavy atom. The Morgan fingerprint density at radius 2 is 1.90 bits per heavy atom. The second-order valence-corrected chi connectivity index (χ2v) is 4.50. The van der Waals surface area contributed by atoms with E-state index in [0.717, 1.165) is 11.0 Å². The third-order valence-electron chi connectivity index (χ3n) is 3.27. The summed E-state index contributed by atoms with van der Waals surface area (Å²) in [5, 5.41) is 0. The Labute approximate surface area is 122 Å². The highest BCUT2D eigenvalue weighted by Crippen LogP contribution is 2.33. The monoisotopic (exact) mass is 293 g/mol. The summed E-state index contributed by atoms with van der Waals surface area (Å²) < 4.78 is 17.0. The SMILES string of the molecule is COC(=O)CCCn1c(N)nc2cc(OC)c(OC)cc21. The van der Waals surface area contributed by atoms with Gasteiger partial charge in [-0.15, -0.1) is 0 Å². The van der Waals surface area contributed by atoms with Crippen molar-refractivity contribution in [3.63, 3.8) is 0 Å². The average Bonchev–Trinajstić information content (AvgIpc) is 2.80. The molecule has 0 aliphatic rings. The molecule has 0 aliphatic carbocycles. The molecular weight excluding hydrogens is 274 g/mol. The number of aromatic nitrogens is 2. The molecule has 7 heteroatoms. The minimum atomic E-state index is -0.239. The lowest BCUT2D eigenvalue weighted by Gasteiger charge is -2.09. The molecule has 0 aliphatic heterocycles. The number of nitrogens with zero attached hydrogens (tertiary/aromatic N) is 2. The molecule has 1 aromatic heterocycles. The molecule has 0 atom stereocenters. The lowest BCUT2D eigenvalue weighted by molar-refractivity contribution is -0.140. The number of benzene rings is 1. The molecule has 0 radical (unpaired) electrons. The number of rotatable bonds is 6. The zero-order chi connectivity index (χ0) is 15.4. The molecule has 114 valence electrons. The number of carbonyl (C=O) groups is 1. The fourth-order valence-corrected chi connectivity index (χ4v) is 2.19. The number of fused-ring (bicyclic) bond motifs is 1. The molecule has 0 saturated carbocycles. The molecule has 0 bridgehead atoms. The summed E-state index contributed by atoms with van der Waals surface area (Å²) >= 11 is 0. The molecule has 2 aromatic rings. The van der Waals surface area contributed by atoms with Crippen molar-refractivity contribution in [2.24, 2.45) is 0 Å². The predicted molar refractivity (Wildman–Crippen MR) is 78.5 cm³/mol. The molecule has 0 saturated heterocycles. The molecule has 1 aromatic carbocycles. The highest BCUT2D eigenvalue weighted by atomic mass is 16.5. The van der Waals surface area contributed by atoms with Gasteiger partial charge in [0.25, 0.3) is 0 Å². The third-order valence-corrected chi connectivity index (χ3v) is 3.27. The number of hydrogen-bond donors (Lipinski definition) is 1. The second-order valence-electron chi connectivity index (χ2n) is 4.50. The second kappa shape index (κ2) is 6.34. The van der Waals surface area contributed by atoms with Crippen molar-refractivity contribution < 1.29 is 19.0 Å². The largest absolute Gasteiger partial charge is 0.493 e. The van der Waals surface area contributed by atoms with Gasteiger partial charge < -0.3 is 24.5 Å². The van der Waals surface area contributed by atoms with Crippen molar-refractivity contribution >= 4 is 23.0 Å². The number of aryl methyl sites for hydroxylation is 1. The summed E-state index contributed by atoms with van der Waals surface area (Å²) in [7, 11) is 4.52. The van der Waals surface area contributed by atoms with Gasteiger partial charge in [0.05, 0.1) is 32.4 Å². The van der Waals surface area contributed by atoms with Crippen LogP contribution in [0.4, 0.5) is 5.95 Å². The van der Waals surface area contributed by atoms with E-state index in [1.54, 1.807) is 20.3 Å². The predicted octanol–water partition coefficient (Wildman–Crippen LogP) is 1.59. The van der Waals surface area contributed by atoms with Crippen molar-refractivity contribution in [1.29, 1.82) is 0 Å². The van der Waals surface area contributed by atoms with Crippen LogP contribution >= 0.6 is 0 Å². The summed E-state index contributed by atoms with van der Waals surface area (Å²) in [6.07, 6.45) is 0.958. The highest BCUT2D eigenvalue weighted by Gasteiger charge is 2.13. The Hall–Kier alpha value is -2.44. The van der Waals surface area contributed by atoms with Gasteiger partial charge in [-0.2, -0.15) is 0 Å². The molecule has 1 heterocycles. The van der Waals surface area contributed by atoms with Crippen LogP contribution in [0, 0.1) is 0 Å². The standard InChI is InChI=1S/C14H19N3O4/c1-19-11-7-9-10(8-12(11)20-2)17(14(15)16-9)6-4-5-13(18)21-3/h7-8H,4-6H2,1-3H3,(H2,15,16). The van der Waals surface area contributed by atoms with E-state index in [0.29, 0.717) is 36.8 Å². The Kier molecular flexibility index (Phi) is 4.52. The Balaban J connectivity index is 2.30. The summed E-state index contributed by atoms with van der Waals surface area (Å²) in [4.78, 5) is 15.5. The maximum absolute atomic E-state index is 11.2. The summed E-state index contributed by atoms with van der Waals surface area (Å²) in [6.45, 7) is 0.576. The van der Waals surface area contributed by atoms with Gasteiger partial charge >= 0.3 is 5.97 Å². The molecule has 21 heavy (non-hydrogen) atoms. The number of anilines is 1. The number of methoxy groups -OCH3 is 3. The summed E-state index contributed by atoms with van der Waals surface area (Å²) in [5.41, 5.74) is 7.51. The van der Waals surface area contributed by atoms with Crippen LogP contribution in [0.2, 0.25) is 0 Å². The normalized spacial score (nSPS) is 10.6. The fraction of sp³-hybridized carbons (Fsp3) is 0.429. The van der Waals surface area contributed by atoms with Gasteiger partial charge in [0, 0.05) is 25.1 Å². The number of nitrogen functional groups attached to an aromatic ring is 1. The Bertz CT molecular complexity index is 651. The first-order valence-electron chi connectivity index (χ1n) is 6.55. The van der Waals surface area contributed by atoms with Gasteiger partial charge in [0.1, 0.15) is 0 Å².